The van der Waals surface area contributed by atoms with E-state index in [1.807, 2.05) is 13.8 Å². The first-order chi connectivity index (χ1) is 13.5. The smallest absolute Gasteiger partial charge is 0.415 e. The monoisotopic (exact) mass is 403 g/mol. The van der Waals surface area contributed by atoms with E-state index in [-0.39, 0.29) is 17.4 Å². The molecular formula is C20H21NO6S. The van der Waals surface area contributed by atoms with E-state index in [1.54, 1.807) is 30.3 Å². The molecule has 28 heavy (non-hydrogen) atoms. The summed E-state index contributed by atoms with van der Waals surface area (Å²) in [5, 5.41) is 1.06. The van der Waals surface area contributed by atoms with Crippen LogP contribution in [0.2, 0.25) is 0 Å². The summed E-state index contributed by atoms with van der Waals surface area (Å²) in [6, 6.07) is 11.2. The second-order valence-corrected chi connectivity index (χ2v) is 7.75. The number of rotatable bonds is 6. The fraction of sp³-hybridized carbons (Fsp3) is 0.250. The zero-order valence-corrected chi connectivity index (χ0v) is 16.4. The van der Waals surface area contributed by atoms with Crippen molar-refractivity contribution >= 4 is 22.0 Å². The van der Waals surface area contributed by atoms with Crippen LogP contribution in [0, 0.1) is 0 Å². The van der Waals surface area contributed by atoms with E-state index < -0.39 is 15.9 Å². The van der Waals surface area contributed by atoms with Gasteiger partial charge in [0.15, 0.2) is 21.3 Å². The maximum absolute atomic E-state index is 12.6. The lowest BCUT2D eigenvalue weighted by Gasteiger charge is -2.19. The van der Waals surface area contributed by atoms with Gasteiger partial charge >= 0.3 is 6.09 Å². The molecule has 3 rings (SSSR count). The number of hydrogen-bond donors (Lipinski definition) is 0. The highest BCUT2D eigenvalue weighted by molar-refractivity contribution is 7.94. The van der Waals surface area contributed by atoms with Crippen LogP contribution in [0.5, 0.6) is 17.2 Å². The lowest BCUT2D eigenvalue weighted by Crippen LogP contribution is -2.33. The predicted molar refractivity (Wildman–Crippen MR) is 104 cm³/mol. The van der Waals surface area contributed by atoms with Crippen molar-refractivity contribution in [2.45, 2.75) is 18.7 Å². The average molecular weight is 403 g/mol. The molecule has 0 N–H and O–H groups in total. The Morgan fingerprint density at radius 3 is 2.50 bits per heavy atom. The summed E-state index contributed by atoms with van der Waals surface area (Å²) in [6.07, 6.45) is 0.838. The van der Waals surface area contributed by atoms with E-state index in [2.05, 4.69) is 0 Å². The Kier molecular flexibility index (Phi) is 5.89. The molecule has 1 heterocycles. The standard InChI is InChI=1S/C20H21NO6S/c1-3-21(4-2)20(22)27-17-10-11-18-19(26-14-25-18)16(17)12-13-28(23,24)15-8-6-5-7-9-15/h5-13H,3-4,14H2,1-2H3/b13-12+. The first kappa shape index (κ1) is 19.8. The van der Waals surface area contributed by atoms with Gasteiger partial charge in [0.1, 0.15) is 5.75 Å². The zero-order chi connectivity index (χ0) is 20.1. The molecule has 0 saturated heterocycles. The van der Waals surface area contributed by atoms with Crippen LogP contribution >= 0.6 is 0 Å². The van der Waals surface area contributed by atoms with Crippen molar-refractivity contribution in [1.82, 2.24) is 4.90 Å². The first-order valence-corrected chi connectivity index (χ1v) is 10.4. The van der Waals surface area contributed by atoms with Crippen LogP contribution < -0.4 is 14.2 Å². The number of carbonyl (C=O) groups is 1. The molecule has 8 heteroatoms. The lowest BCUT2D eigenvalue weighted by atomic mass is 10.1. The van der Waals surface area contributed by atoms with Gasteiger partial charge in [-0.2, -0.15) is 0 Å². The van der Waals surface area contributed by atoms with Crippen LogP contribution in [0.3, 0.4) is 0 Å². The molecule has 0 aliphatic carbocycles. The molecule has 2 aromatic rings. The molecule has 1 amide bonds. The fourth-order valence-electron chi connectivity index (χ4n) is 2.71. The minimum atomic E-state index is -3.67. The Morgan fingerprint density at radius 1 is 1.11 bits per heavy atom. The summed E-state index contributed by atoms with van der Waals surface area (Å²) in [7, 11) is -3.67. The van der Waals surface area contributed by atoms with Gasteiger partial charge in [-0.05, 0) is 44.2 Å². The second-order valence-electron chi connectivity index (χ2n) is 5.91. The third-order valence-electron chi connectivity index (χ3n) is 4.24. The van der Waals surface area contributed by atoms with Crippen molar-refractivity contribution in [1.29, 1.82) is 0 Å². The number of sulfone groups is 1. The third-order valence-corrected chi connectivity index (χ3v) is 5.67. The zero-order valence-electron chi connectivity index (χ0n) is 15.6. The summed E-state index contributed by atoms with van der Waals surface area (Å²) in [5.41, 5.74) is 0.329. The van der Waals surface area contributed by atoms with E-state index in [4.69, 9.17) is 14.2 Å². The van der Waals surface area contributed by atoms with Crippen molar-refractivity contribution in [2.24, 2.45) is 0 Å². The van der Waals surface area contributed by atoms with Gasteiger partial charge in [-0.25, -0.2) is 13.2 Å². The number of nitrogens with zero attached hydrogens (tertiary/aromatic N) is 1. The predicted octanol–water partition coefficient (Wildman–Crippen LogP) is 3.70. The van der Waals surface area contributed by atoms with Gasteiger partial charge in [-0.1, -0.05) is 18.2 Å². The molecule has 148 valence electrons. The summed E-state index contributed by atoms with van der Waals surface area (Å²) < 4.78 is 41.4. The number of amides is 1. The summed E-state index contributed by atoms with van der Waals surface area (Å²) in [4.78, 5) is 14.0. The number of hydrogen-bond acceptors (Lipinski definition) is 6. The van der Waals surface area contributed by atoms with Gasteiger partial charge < -0.3 is 19.1 Å². The lowest BCUT2D eigenvalue weighted by molar-refractivity contribution is 0.157. The third kappa shape index (κ3) is 4.12. The molecule has 7 nitrogen and oxygen atoms in total. The van der Waals surface area contributed by atoms with Gasteiger partial charge in [-0.15, -0.1) is 0 Å². The molecule has 1 aliphatic heterocycles. The van der Waals surface area contributed by atoms with Gasteiger partial charge in [0.2, 0.25) is 6.79 Å². The minimum Gasteiger partial charge on any atom is -0.454 e. The second kappa shape index (κ2) is 8.35. The fourth-order valence-corrected chi connectivity index (χ4v) is 3.72. The summed E-state index contributed by atoms with van der Waals surface area (Å²) >= 11 is 0. The van der Waals surface area contributed by atoms with Crippen molar-refractivity contribution in [3.63, 3.8) is 0 Å². The van der Waals surface area contributed by atoms with E-state index in [1.165, 1.54) is 23.1 Å². The van der Waals surface area contributed by atoms with E-state index >= 15 is 0 Å². The quantitative estimate of drug-likeness (QED) is 0.731. The van der Waals surface area contributed by atoms with Crippen molar-refractivity contribution in [2.75, 3.05) is 19.9 Å². The molecular weight excluding hydrogens is 382 g/mol. The Balaban J connectivity index is 1.97. The summed E-state index contributed by atoms with van der Waals surface area (Å²) in [6.45, 7) is 4.69. The number of ether oxygens (including phenoxy) is 3. The summed E-state index contributed by atoms with van der Waals surface area (Å²) in [5.74, 6) is 0.990. The van der Waals surface area contributed by atoms with Gasteiger partial charge in [0.25, 0.3) is 0 Å². The van der Waals surface area contributed by atoms with Gasteiger partial charge in [-0.3, -0.25) is 0 Å². The molecule has 0 atom stereocenters. The van der Waals surface area contributed by atoms with Crippen LogP contribution in [-0.4, -0.2) is 39.3 Å². The highest BCUT2D eigenvalue weighted by Gasteiger charge is 2.23. The van der Waals surface area contributed by atoms with Crippen molar-refractivity contribution in [3.05, 3.63) is 53.4 Å². The molecule has 0 fully saturated rings. The topological polar surface area (TPSA) is 82.1 Å². The van der Waals surface area contributed by atoms with Crippen LogP contribution in [0.4, 0.5) is 4.79 Å². The Morgan fingerprint density at radius 2 is 1.82 bits per heavy atom. The van der Waals surface area contributed by atoms with E-state index in [9.17, 15) is 13.2 Å². The van der Waals surface area contributed by atoms with Crippen LogP contribution in [-0.2, 0) is 9.84 Å². The Labute approximate surface area is 164 Å². The molecule has 0 radical (unpaired) electrons. The molecule has 0 spiro atoms. The highest BCUT2D eigenvalue weighted by Crippen LogP contribution is 2.42. The van der Waals surface area contributed by atoms with Crippen molar-refractivity contribution < 1.29 is 27.4 Å². The largest absolute Gasteiger partial charge is 0.454 e. The normalized spacial score (nSPS) is 12.9. The Hall–Kier alpha value is -3.00. The molecule has 0 saturated carbocycles. The van der Waals surface area contributed by atoms with Gasteiger partial charge in [0.05, 0.1) is 10.5 Å². The van der Waals surface area contributed by atoms with Crippen molar-refractivity contribution in [3.8, 4) is 17.2 Å². The maximum atomic E-state index is 12.6. The SMILES string of the molecule is CCN(CC)C(=O)Oc1ccc2c(c1/C=C/S(=O)(=O)c1ccccc1)OCO2. The Bertz CT molecular complexity index is 981. The number of benzene rings is 2. The molecule has 0 unspecified atom stereocenters. The maximum Gasteiger partial charge on any atom is 0.415 e. The minimum absolute atomic E-state index is 0.00898. The number of fused-ring (bicyclic) bond motifs is 1. The molecule has 0 aromatic heterocycles. The molecule has 2 aromatic carbocycles. The average Bonchev–Trinajstić information content (AvgIpc) is 3.17. The molecule has 0 bridgehead atoms. The molecule has 1 aliphatic rings. The number of carbonyl (C=O) groups excluding carboxylic acids is 1. The highest BCUT2D eigenvalue weighted by atomic mass is 32.2. The first-order valence-electron chi connectivity index (χ1n) is 8.83. The van der Waals surface area contributed by atoms with Crippen LogP contribution in [0.1, 0.15) is 19.4 Å². The van der Waals surface area contributed by atoms with Gasteiger partial charge in [0, 0.05) is 18.5 Å². The van der Waals surface area contributed by atoms with E-state index in [0.29, 0.717) is 30.2 Å². The van der Waals surface area contributed by atoms with Crippen LogP contribution in [0.15, 0.2) is 52.8 Å². The van der Waals surface area contributed by atoms with E-state index in [0.717, 1.165) is 5.41 Å². The van der Waals surface area contributed by atoms with Crippen LogP contribution in [0.25, 0.3) is 6.08 Å².